The van der Waals surface area contributed by atoms with Crippen molar-refractivity contribution in [1.82, 2.24) is 26.3 Å². The van der Waals surface area contributed by atoms with Crippen molar-refractivity contribution in [2.45, 2.75) is 57.2 Å². The van der Waals surface area contributed by atoms with Crippen LogP contribution in [-0.2, 0) is 17.8 Å². The Balaban J connectivity index is 1.39. The molecule has 3 aliphatic rings. The third-order valence-electron chi connectivity index (χ3n) is 6.91. The standard InChI is InChI=1S/C23H26F2N6O3/c1-12-17(19(32)22(34)28-23(7-8-23)16-11-26-30-29-16)15-6-3-9-31(15)18(12)21(33)27-14-5-2-4-13(10-14)20(24)25/h2,4-5,10,16,20,26,29-30H,3,6-9,11H2,1H3,(H,27,33)(H,28,34). The number of anilines is 1. The van der Waals surface area contributed by atoms with E-state index in [2.05, 4.69) is 27.0 Å². The molecule has 5 N–H and O–H groups in total. The molecule has 1 aromatic heterocycles. The molecule has 0 spiro atoms. The highest BCUT2D eigenvalue weighted by Gasteiger charge is 2.52. The molecule has 0 radical (unpaired) electrons. The fourth-order valence-electron chi connectivity index (χ4n) is 5.02. The highest BCUT2D eigenvalue weighted by atomic mass is 19.3. The number of alkyl halides is 2. The van der Waals surface area contributed by atoms with E-state index in [9.17, 15) is 23.2 Å². The number of carbonyl (C=O) groups excluding carboxylic acids is 3. The van der Waals surface area contributed by atoms with Gasteiger partial charge < -0.3 is 15.2 Å². The first-order valence-corrected chi connectivity index (χ1v) is 11.3. The van der Waals surface area contributed by atoms with Crippen LogP contribution < -0.4 is 27.0 Å². The van der Waals surface area contributed by atoms with E-state index in [-0.39, 0.29) is 28.6 Å². The number of benzene rings is 1. The summed E-state index contributed by atoms with van der Waals surface area (Å²) in [4.78, 5) is 39.4. The molecule has 34 heavy (non-hydrogen) atoms. The summed E-state index contributed by atoms with van der Waals surface area (Å²) in [7, 11) is 0. The number of carbonyl (C=O) groups is 3. The Morgan fingerprint density at radius 2 is 2.03 bits per heavy atom. The number of amides is 2. The number of rotatable bonds is 7. The van der Waals surface area contributed by atoms with Gasteiger partial charge in [-0.05, 0) is 50.3 Å². The second kappa shape index (κ2) is 8.57. The first kappa shape index (κ1) is 22.6. The fourth-order valence-corrected chi connectivity index (χ4v) is 5.02. The van der Waals surface area contributed by atoms with E-state index in [0.29, 0.717) is 30.8 Å². The summed E-state index contributed by atoms with van der Waals surface area (Å²) in [5, 5.41) is 5.57. The summed E-state index contributed by atoms with van der Waals surface area (Å²) >= 11 is 0. The van der Waals surface area contributed by atoms with Crippen LogP contribution in [-0.4, -0.2) is 40.3 Å². The molecule has 2 aromatic rings. The van der Waals surface area contributed by atoms with Crippen LogP contribution in [0.3, 0.4) is 0 Å². The van der Waals surface area contributed by atoms with Crippen molar-refractivity contribution < 1.29 is 23.2 Å². The molecule has 2 fully saturated rings. The lowest BCUT2D eigenvalue weighted by Gasteiger charge is -2.22. The summed E-state index contributed by atoms with van der Waals surface area (Å²) in [6, 6.07) is 5.46. The molecule has 1 aromatic carbocycles. The zero-order valence-corrected chi connectivity index (χ0v) is 18.6. The van der Waals surface area contributed by atoms with Crippen molar-refractivity contribution in [3.05, 3.63) is 52.3 Å². The van der Waals surface area contributed by atoms with Gasteiger partial charge in [0.15, 0.2) is 0 Å². The number of hydrogen-bond acceptors (Lipinski definition) is 6. The van der Waals surface area contributed by atoms with Gasteiger partial charge in [0.05, 0.1) is 17.1 Å². The molecule has 2 amide bonds. The molecule has 1 aliphatic carbocycles. The molecular weight excluding hydrogens is 446 g/mol. The summed E-state index contributed by atoms with van der Waals surface area (Å²) in [5.74, 6) is -1.85. The van der Waals surface area contributed by atoms with Gasteiger partial charge in [-0.25, -0.2) is 19.6 Å². The monoisotopic (exact) mass is 472 g/mol. The van der Waals surface area contributed by atoms with E-state index in [4.69, 9.17) is 0 Å². The molecule has 11 heteroatoms. The minimum atomic E-state index is -2.65. The smallest absolute Gasteiger partial charge is 0.292 e. The second-order valence-electron chi connectivity index (χ2n) is 9.07. The highest BCUT2D eigenvalue weighted by molar-refractivity contribution is 6.44. The lowest BCUT2D eigenvalue weighted by Crippen LogP contribution is -2.53. The molecule has 180 valence electrons. The van der Waals surface area contributed by atoms with Crippen LogP contribution in [0.4, 0.5) is 14.5 Å². The number of ketones is 1. The van der Waals surface area contributed by atoms with Gasteiger partial charge in [-0.3, -0.25) is 14.4 Å². The third kappa shape index (κ3) is 3.89. The van der Waals surface area contributed by atoms with Gasteiger partial charge in [0.2, 0.25) is 0 Å². The topological polar surface area (TPSA) is 116 Å². The van der Waals surface area contributed by atoms with Gasteiger partial charge in [0, 0.05) is 30.0 Å². The van der Waals surface area contributed by atoms with Gasteiger partial charge in [-0.15, -0.1) is 0 Å². The van der Waals surface area contributed by atoms with Crippen LogP contribution in [0.1, 0.15) is 63.4 Å². The quantitative estimate of drug-likeness (QED) is 0.310. The van der Waals surface area contributed by atoms with Crippen LogP contribution in [0.2, 0.25) is 0 Å². The van der Waals surface area contributed by atoms with Gasteiger partial charge >= 0.3 is 0 Å². The number of Topliss-reactive ketones (excluding diaryl/α,β-unsaturated/α-hetero) is 1. The summed E-state index contributed by atoms with van der Waals surface area (Å²) in [6.07, 6.45) is 0.203. The van der Waals surface area contributed by atoms with Crippen LogP contribution in [0.15, 0.2) is 24.3 Å². The molecule has 3 heterocycles. The SMILES string of the molecule is Cc1c(C(=O)C(=O)NC2(C3CNNN3)CC2)c2n(c1C(=O)Nc1cccc(C(F)F)c1)CCC2. The molecule has 1 saturated carbocycles. The van der Waals surface area contributed by atoms with Crippen LogP contribution in [0.5, 0.6) is 0 Å². The molecule has 1 saturated heterocycles. The molecule has 9 nitrogen and oxygen atoms in total. The average Bonchev–Trinajstić information content (AvgIpc) is 3.16. The third-order valence-corrected chi connectivity index (χ3v) is 6.91. The Bertz CT molecular complexity index is 1170. The van der Waals surface area contributed by atoms with E-state index in [1.165, 1.54) is 24.3 Å². The Morgan fingerprint density at radius 3 is 2.71 bits per heavy atom. The molecule has 2 aliphatic heterocycles. The number of hydrogen-bond donors (Lipinski definition) is 5. The van der Waals surface area contributed by atoms with Crippen molar-refractivity contribution >= 4 is 23.3 Å². The van der Waals surface area contributed by atoms with E-state index in [1.807, 2.05) is 0 Å². The van der Waals surface area contributed by atoms with E-state index in [0.717, 1.165) is 19.3 Å². The van der Waals surface area contributed by atoms with Crippen molar-refractivity contribution in [2.24, 2.45) is 0 Å². The van der Waals surface area contributed by atoms with Gasteiger partial charge in [-0.1, -0.05) is 12.1 Å². The maximum atomic E-state index is 13.3. The van der Waals surface area contributed by atoms with Crippen molar-refractivity contribution in [2.75, 3.05) is 11.9 Å². The minimum Gasteiger partial charge on any atom is -0.342 e. The molecule has 5 rings (SSSR count). The zero-order valence-electron chi connectivity index (χ0n) is 18.6. The van der Waals surface area contributed by atoms with Gasteiger partial charge in [0.1, 0.15) is 5.69 Å². The van der Waals surface area contributed by atoms with Gasteiger partial charge in [0.25, 0.3) is 24.0 Å². The zero-order chi connectivity index (χ0) is 24.0. The van der Waals surface area contributed by atoms with E-state index >= 15 is 0 Å². The predicted octanol–water partition coefficient (Wildman–Crippen LogP) is 1.75. The molecule has 0 bridgehead atoms. The highest BCUT2D eigenvalue weighted by Crippen LogP contribution is 2.39. The molecule has 1 unspecified atom stereocenters. The molecule has 1 atom stereocenters. The van der Waals surface area contributed by atoms with Crippen LogP contribution in [0.25, 0.3) is 0 Å². The van der Waals surface area contributed by atoms with Crippen LogP contribution >= 0.6 is 0 Å². The van der Waals surface area contributed by atoms with E-state index in [1.54, 1.807) is 11.5 Å². The molecular formula is C23H26F2N6O3. The summed E-state index contributed by atoms with van der Waals surface area (Å²) in [5.41, 5.74) is 10.0. The number of hydrazine groups is 2. The lowest BCUT2D eigenvalue weighted by molar-refractivity contribution is -0.118. The Hall–Kier alpha value is -3.15. The van der Waals surface area contributed by atoms with Gasteiger partial charge in [-0.2, -0.15) is 5.53 Å². The Morgan fingerprint density at radius 1 is 1.24 bits per heavy atom. The predicted molar refractivity (Wildman–Crippen MR) is 119 cm³/mol. The first-order valence-electron chi connectivity index (χ1n) is 11.3. The normalized spacial score (nSPS) is 20.3. The number of nitrogens with one attached hydrogen (secondary N) is 5. The Kier molecular flexibility index (Phi) is 5.70. The maximum Gasteiger partial charge on any atom is 0.292 e. The van der Waals surface area contributed by atoms with E-state index < -0.39 is 29.6 Å². The number of fused-ring (bicyclic) bond motifs is 1. The Labute approximate surface area is 194 Å². The number of aromatic nitrogens is 1. The number of nitrogens with zero attached hydrogens (tertiary/aromatic N) is 1. The summed E-state index contributed by atoms with van der Waals surface area (Å²) < 4.78 is 27.8. The van der Waals surface area contributed by atoms with Crippen LogP contribution in [0, 0.1) is 6.92 Å². The largest absolute Gasteiger partial charge is 0.342 e. The first-order chi connectivity index (χ1) is 16.3. The summed E-state index contributed by atoms with van der Waals surface area (Å²) in [6.45, 7) is 2.81. The van der Waals surface area contributed by atoms with Crippen molar-refractivity contribution in [3.8, 4) is 0 Å². The lowest BCUT2D eigenvalue weighted by atomic mass is 10.0. The second-order valence-corrected chi connectivity index (χ2v) is 9.07. The fraction of sp³-hybridized carbons (Fsp3) is 0.435. The maximum absolute atomic E-state index is 13.3. The van der Waals surface area contributed by atoms with Crippen molar-refractivity contribution in [3.63, 3.8) is 0 Å². The van der Waals surface area contributed by atoms with Crippen molar-refractivity contribution in [1.29, 1.82) is 0 Å². The number of halogens is 2. The average molecular weight is 472 g/mol. The minimum absolute atomic E-state index is 0.0320.